The second-order valence-electron chi connectivity index (χ2n) is 3.86. The summed E-state index contributed by atoms with van der Waals surface area (Å²) < 4.78 is 0.744. The molecule has 1 aromatic heterocycles. The molecule has 0 spiro atoms. The number of anilines is 1. The van der Waals surface area contributed by atoms with Gasteiger partial charge in [0.05, 0.1) is 10.4 Å². The van der Waals surface area contributed by atoms with Crippen LogP contribution in [-0.2, 0) is 9.59 Å². The second-order valence-corrected chi connectivity index (χ2v) is 4.72. The largest absolute Gasteiger partial charge is 0.355 e. The Balaban J connectivity index is 1.98. The van der Waals surface area contributed by atoms with Gasteiger partial charge in [-0.2, -0.15) is 0 Å². The van der Waals surface area contributed by atoms with E-state index in [0.717, 1.165) is 4.47 Å². The van der Waals surface area contributed by atoms with Crippen LogP contribution >= 0.6 is 15.9 Å². The molecule has 2 rings (SSSR count). The summed E-state index contributed by atoms with van der Waals surface area (Å²) in [5, 5.41) is 5.43. The molecule has 0 aliphatic carbocycles. The molecule has 1 unspecified atom stereocenters. The molecule has 0 bridgehead atoms. The number of piperidine rings is 1. The summed E-state index contributed by atoms with van der Waals surface area (Å²) in [5.41, 5.74) is 0. The summed E-state index contributed by atoms with van der Waals surface area (Å²) in [6, 6.07) is 3.59. The van der Waals surface area contributed by atoms with Crippen LogP contribution in [0.25, 0.3) is 0 Å². The Kier molecular flexibility index (Phi) is 3.73. The van der Waals surface area contributed by atoms with E-state index in [1.165, 1.54) is 0 Å². The molecule has 17 heavy (non-hydrogen) atoms. The van der Waals surface area contributed by atoms with Crippen molar-refractivity contribution in [2.45, 2.75) is 12.8 Å². The van der Waals surface area contributed by atoms with Gasteiger partial charge < -0.3 is 10.6 Å². The third-order valence-corrected chi connectivity index (χ3v) is 3.28. The van der Waals surface area contributed by atoms with Gasteiger partial charge in [0.25, 0.3) is 0 Å². The smallest absolute Gasteiger partial charge is 0.230 e. The molecular weight excluding hydrogens is 286 g/mol. The van der Waals surface area contributed by atoms with Gasteiger partial charge >= 0.3 is 0 Å². The Bertz CT molecular complexity index is 440. The average Bonchev–Trinajstić information content (AvgIpc) is 2.33. The van der Waals surface area contributed by atoms with E-state index in [0.29, 0.717) is 25.2 Å². The predicted molar refractivity (Wildman–Crippen MR) is 66.3 cm³/mol. The first-order valence-electron chi connectivity index (χ1n) is 5.35. The summed E-state index contributed by atoms with van der Waals surface area (Å²) in [6.07, 6.45) is 2.60. The summed E-state index contributed by atoms with van der Waals surface area (Å²) in [4.78, 5) is 26.9. The van der Waals surface area contributed by atoms with Gasteiger partial charge in [-0.05, 0) is 34.5 Å². The predicted octanol–water partition coefficient (Wildman–Crippen LogP) is 1.31. The normalized spacial score (nSPS) is 19.6. The van der Waals surface area contributed by atoms with Gasteiger partial charge in [-0.1, -0.05) is 0 Å². The second kappa shape index (κ2) is 5.27. The molecule has 90 valence electrons. The van der Waals surface area contributed by atoms with Gasteiger partial charge in [-0.15, -0.1) is 0 Å². The number of nitrogens with zero attached hydrogens (tertiary/aromatic N) is 1. The van der Waals surface area contributed by atoms with Crippen molar-refractivity contribution in [3.63, 3.8) is 0 Å². The Morgan fingerprint density at radius 2 is 2.41 bits per heavy atom. The van der Waals surface area contributed by atoms with E-state index in [1.807, 2.05) is 6.07 Å². The number of carbonyl (C=O) groups is 2. The first-order chi connectivity index (χ1) is 8.16. The number of nitrogens with one attached hydrogen (secondary N) is 2. The fraction of sp³-hybridized carbons (Fsp3) is 0.364. The third kappa shape index (κ3) is 3.03. The molecule has 6 heteroatoms. The van der Waals surface area contributed by atoms with Gasteiger partial charge in [0.1, 0.15) is 5.82 Å². The highest BCUT2D eigenvalue weighted by molar-refractivity contribution is 9.10. The van der Waals surface area contributed by atoms with Crippen LogP contribution < -0.4 is 10.6 Å². The van der Waals surface area contributed by atoms with Crippen LogP contribution in [0, 0.1) is 5.92 Å². The quantitative estimate of drug-likeness (QED) is 0.864. The van der Waals surface area contributed by atoms with Crippen molar-refractivity contribution in [2.24, 2.45) is 5.92 Å². The number of aromatic nitrogens is 1. The highest BCUT2D eigenvalue weighted by atomic mass is 79.9. The molecule has 2 N–H and O–H groups in total. The molecule has 1 aromatic rings. The van der Waals surface area contributed by atoms with Crippen LogP contribution in [0.4, 0.5) is 5.82 Å². The standard InChI is InChI=1S/C11H12BrN3O2/c12-8-2-1-5-13-10(8)15-11(17)7-3-4-9(16)14-6-7/h1-2,5,7H,3-4,6H2,(H,14,16)(H,13,15,17). The summed E-state index contributed by atoms with van der Waals surface area (Å²) >= 11 is 3.31. The van der Waals surface area contributed by atoms with E-state index in [2.05, 4.69) is 31.5 Å². The van der Waals surface area contributed by atoms with Crippen molar-refractivity contribution in [3.8, 4) is 0 Å². The minimum atomic E-state index is -0.179. The zero-order valence-electron chi connectivity index (χ0n) is 9.07. The molecule has 5 nitrogen and oxygen atoms in total. The Hall–Kier alpha value is -1.43. The topological polar surface area (TPSA) is 71.1 Å². The number of pyridine rings is 1. The summed E-state index contributed by atoms with van der Waals surface area (Å²) in [6.45, 7) is 0.398. The van der Waals surface area contributed by atoms with Gasteiger partial charge in [-0.3, -0.25) is 9.59 Å². The molecule has 1 saturated heterocycles. The van der Waals surface area contributed by atoms with Crippen LogP contribution in [0.1, 0.15) is 12.8 Å². The molecule has 0 radical (unpaired) electrons. The zero-order valence-corrected chi connectivity index (χ0v) is 10.7. The molecule has 1 aliphatic rings. The average molecular weight is 298 g/mol. The van der Waals surface area contributed by atoms with Gasteiger partial charge in [-0.25, -0.2) is 4.98 Å². The molecule has 1 atom stereocenters. The minimum Gasteiger partial charge on any atom is -0.355 e. The van der Waals surface area contributed by atoms with Crippen LogP contribution in [0.3, 0.4) is 0 Å². The summed E-state index contributed by atoms with van der Waals surface area (Å²) in [7, 11) is 0. The lowest BCUT2D eigenvalue weighted by atomic mass is 9.98. The lowest BCUT2D eigenvalue weighted by molar-refractivity contribution is -0.126. The van der Waals surface area contributed by atoms with Crippen LogP contribution in [0.2, 0.25) is 0 Å². The Labute approximate surface area is 107 Å². The van der Waals surface area contributed by atoms with Crippen molar-refractivity contribution in [1.29, 1.82) is 0 Å². The molecule has 2 heterocycles. The summed E-state index contributed by atoms with van der Waals surface area (Å²) in [5.74, 6) is 0.230. The highest BCUT2D eigenvalue weighted by Crippen LogP contribution is 2.20. The highest BCUT2D eigenvalue weighted by Gasteiger charge is 2.24. The number of halogens is 1. The van der Waals surface area contributed by atoms with Crippen molar-refractivity contribution in [3.05, 3.63) is 22.8 Å². The van der Waals surface area contributed by atoms with E-state index in [4.69, 9.17) is 0 Å². The number of hydrogen-bond donors (Lipinski definition) is 2. The lowest BCUT2D eigenvalue weighted by Crippen LogP contribution is -2.40. The van der Waals surface area contributed by atoms with E-state index in [1.54, 1.807) is 12.3 Å². The Morgan fingerprint density at radius 3 is 3.06 bits per heavy atom. The molecule has 1 aliphatic heterocycles. The molecule has 2 amide bonds. The van der Waals surface area contributed by atoms with Crippen molar-refractivity contribution in [1.82, 2.24) is 10.3 Å². The molecule has 1 fully saturated rings. The van der Waals surface area contributed by atoms with Gasteiger partial charge in [0.15, 0.2) is 0 Å². The first-order valence-corrected chi connectivity index (χ1v) is 6.14. The van der Waals surface area contributed by atoms with Crippen molar-refractivity contribution >= 4 is 33.6 Å². The van der Waals surface area contributed by atoms with Crippen LogP contribution in [-0.4, -0.2) is 23.3 Å². The minimum absolute atomic E-state index is 0.00747. The zero-order chi connectivity index (χ0) is 12.3. The van der Waals surface area contributed by atoms with E-state index < -0.39 is 0 Å². The molecule has 0 aromatic carbocycles. The fourth-order valence-corrected chi connectivity index (χ4v) is 2.01. The lowest BCUT2D eigenvalue weighted by Gasteiger charge is -2.21. The number of carbonyl (C=O) groups excluding carboxylic acids is 2. The number of hydrogen-bond acceptors (Lipinski definition) is 3. The van der Waals surface area contributed by atoms with Crippen LogP contribution in [0.15, 0.2) is 22.8 Å². The maximum Gasteiger partial charge on any atom is 0.230 e. The van der Waals surface area contributed by atoms with Gasteiger partial charge in [0, 0.05) is 19.2 Å². The third-order valence-electron chi connectivity index (χ3n) is 2.64. The van der Waals surface area contributed by atoms with E-state index in [9.17, 15) is 9.59 Å². The van der Waals surface area contributed by atoms with E-state index >= 15 is 0 Å². The maximum atomic E-state index is 11.9. The fourth-order valence-electron chi connectivity index (χ4n) is 1.65. The van der Waals surface area contributed by atoms with Crippen molar-refractivity contribution in [2.75, 3.05) is 11.9 Å². The van der Waals surface area contributed by atoms with E-state index in [-0.39, 0.29) is 17.7 Å². The van der Waals surface area contributed by atoms with Crippen molar-refractivity contribution < 1.29 is 9.59 Å². The Morgan fingerprint density at radius 1 is 1.59 bits per heavy atom. The molecular formula is C11H12BrN3O2. The SMILES string of the molecule is O=C1CCC(C(=O)Nc2ncccc2Br)CN1. The monoisotopic (exact) mass is 297 g/mol. The number of rotatable bonds is 2. The number of amides is 2. The van der Waals surface area contributed by atoms with Gasteiger partial charge in [0.2, 0.25) is 11.8 Å². The van der Waals surface area contributed by atoms with Crippen LogP contribution in [0.5, 0.6) is 0 Å². The maximum absolute atomic E-state index is 11.9. The molecule has 0 saturated carbocycles. The first kappa shape index (κ1) is 12.0.